The molecule has 2 aromatic rings. The van der Waals surface area contributed by atoms with E-state index in [2.05, 4.69) is 20.6 Å². The normalized spacial score (nSPS) is 23.1. The van der Waals surface area contributed by atoms with Crippen LogP contribution in [0, 0.1) is 5.92 Å². The van der Waals surface area contributed by atoms with Crippen LogP contribution in [0.1, 0.15) is 12.8 Å². The van der Waals surface area contributed by atoms with Crippen LogP contribution >= 0.6 is 11.6 Å². The Balaban J connectivity index is 1.57. The summed E-state index contributed by atoms with van der Waals surface area (Å²) in [5.74, 6) is 0.271. The summed E-state index contributed by atoms with van der Waals surface area (Å²) in [6, 6.07) is 3.86. The lowest BCUT2D eigenvalue weighted by atomic mass is 9.93. The molecule has 3 N–H and O–H groups in total. The minimum Gasteiger partial charge on any atom is -0.422 e. The van der Waals surface area contributed by atoms with E-state index in [0.29, 0.717) is 28.9 Å². The predicted molar refractivity (Wildman–Crippen MR) is 76.9 cm³/mol. The average molecular weight is 297 g/mol. The third-order valence-corrected chi connectivity index (χ3v) is 3.79. The van der Waals surface area contributed by atoms with Gasteiger partial charge in [-0.2, -0.15) is 4.98 Å². The maximum atomic E-state index is 9.88. The van der Waals surface area contributed by atoms with Gasteiger partial charge in [0.2, 0.25) is 5.65 Å². The van der Waals surface area contributed by atoms with E-state index < -0.39 is 0 Å². The Morgan fingerprint density at radius 1 is 1.45 bits per heavy atom. The number of piperidine rings is 1. The van der Waals surface area contributed by atoms with Gasteiger partial charge in [0, 0.05) is 13.1 Å². The highest BCUT2D eigenvalue weighted by atomic mass is 35.5. The van der Waals surface area contributed by atoms with Crippen LogP contribution in [-0.2, 0) is 0 Å². The molecule has 1 fully saturated rings. The Morgan fingerprint density at radius 2 is 2.35 bits per heavy atom. The number of fused-ring (bicyclic) bond motifs is 1. The van der Waals surface area contributed by atoms with Crippen LogP contribution in [-0.4, -0.2) is 40.8 Å². The molecule has 2 aromatic heterocycles. The summed E-state index contributed by atoms with van der Waals surface area (Å²) in [6.07, 6.45) is 1.46. The maximum absolute atomic E-state index is 9.88. The van der Waals surface area contributed by atoms with Gasteiger partial charge >= 0.3 is 0 Å². The lowest BCUT2D eigenvalue weighted by Crippen LogP contribution is -2.40. The summed E-state index contributed by atoms with van der Waals surface area (Å²) in [5, 5.41) is 16.7. The third kappa shape index (κ3) is 3.03. The molecule has 1 aliphatic rings. The molecule has 2 atom stereocenters. The highest BCUT2D eigenvalue weighted by Gasteiger charge is 2.22. The summed E-state index contributed by atoms with van der Waals surface area (Å²) in [6.45, 7) is 2.44. The number of rotatable bonds is 4. The second-order valence-electron chi connectivity index (χ2n) is 5.01. The Bertz CT molecular complexity index is 589. The highest BCUT2D eigenvalue weighted by Crippen LogP contribution is 2.20. The molecule has 108 valence electrons. The number of pyridine rings is 1. The number of oxazole rings is 1. The molecule has 2 unspecified atom stereocenters. The predicted octanol–water partition coefficient (Wildman–Crippen LogP) is 1.65. The molecule has 1 aliphatic heterocycles. The van der Waals surface area contributed by atoms with Gasteiger partial charge < -0.3 is 20.2 Å². The number of aliphatic hydroxyl groups is 1. The average Bonchev–Trinajstić information content (AvgIpc) is 2.83. The molecular formula is C13H17ClN4O2. The molecule has 0 aliphatic carbocycles. The van der Waals surface area contributed by atoms with Crippen molar-refractivity contribution in [3.63, 3.8) is 0 Å². The summed E-state index contributed by atoms with van der Waals surface area (Å²) >= 11 is 5.80. The van der Waals surface area contributed by atoms with Gasteiger partial charge in [0.25, 0.3) is 6.01 Å². The summed E-state index contributed by atoms with van der Waals surface area (Å²) in [5.41, 5.74) is 1.11. The maximum Gasteiger partial charge on any atom is 0.297 e. The Labute approximate surface area is 121 Å². The van der Waals surface area contributed by atoms with Crippen molar-refractivity contribution < 1.29 is 9.52 Å². The zero-order chi connectivity index (χ0) is 13.9. The molecule has 0 aromatic carbocycles. The molecule has 1 saturated heterocycles. The summed E-state index contributed by atoms with van der Waals surface area (Å²) in [7, 11) is 0. The van der Waals surface area contributed by atoms with Gasteiger partial charge in [0.05, 0.1) is 6.10 Å². The standard InChI is InChI=1S/C13H17ClN4O2/c14-11-2-1-10-12(17-11)18-13(20-10)16-6-3-8-7-15-5-4-9(8)19/h1-2,8-9,15,19H,3-7H2,(H,16,17,18). The van der Waals surface area contributed by atoms with Gasteiger partial charge in [-0.3, -0.25) is 0 Å². The first kappa shape index (κ1) is 13.6. The summed E-state index contributed by atoms with van der Waals surface area (Å²) in [4.78, 5) is 8.30. The van der Waals surface area contributed by atoms with Crippen LogP contribution in [0.25, 0.3) is 11.2 Å². The van der Waals surface area contributed by atoms with Gasteiger partial charge in [-0.05, 0) is 37.4 Å². The molecule has 0 amide bonds. The van der Waals surface area contributed by atoms with E-state index in [4.69, 9.17) is 16.0 Å². The van der Waals surface area contributed by atoms with E-state index in [1.54, 1.807) is 12.1 Å². The van der Waals surface area contributed by atoms with E-state index in [9.17, 15) is 5.11 Å². The second-order valence-corrected chi connectivity index (χ2v) is 5.40. The molecule has 0 bridgehead atoms. The third-order valence-electron chi connectivity index (χ3n) is 3.58. The zero-order valence-electron chi connectivity index (χ0n) is 11.0. The van der Waals surface area contributed by atoms with Gasteiger partial charge in [-0.15, -0.1) is 0 Å². The molecule has 3 rings (SSSR count). The molecular weight excluding hydrogens is 280 g/mol. The lowest BCUT2D eigenvalue weighted by Gasteiger charge is -2.28. The summed E-state index contributed by atoms with van der Waals surface area (Å²) < 4.78 is 5.52. The minimum atomic E-state index is -0.220. The van der Waals surface area contributed by atoms with Crippen LogP contribution in [0.5, 0.6) is 0 Å². The van der Waals surface area contributed by atoms with E-state index in [1.807, 2.05) is 0 Å². The second kappa shape index (κ2) is 5.95. The van der Waals surface area contributed by atoms with E-state index >= 15 is 0 Å². The van der Waals surface area contributed by atoms with Crippen molar-refractivity contribution in [2.75, 3.05) is 25.0 Å². The first-order valence-corrected chi connectivity index (χ1v) is 7.16. The zero-order valence-corrected chi connectivity index (χ0v) is 11.7. The van der Waals surface area contributed by atoms with Crippen molar-refractivity contribution in [2.45, 2.75) is 18.9 Å². The molecule has 20 heavy (non-hydrogen) atoms. The van der Waals surface area contributed by atoms with Gasteiger partial charge in [0.15, 0.2) is 5.58 Å². The number of anilines is 1. The molecule has 0 radical (unpaired) electrons. The Kier molecular flexibility index (Phi) is 4.05. The van der Waals surface area contributed by atoms with Crippen LogP contribution < -0.4 is 10.6 Å². The number of nitrogens with zero attached hydrogens (tertiary/aromatic N) is 2. The number of aliphatic hydroxyl groups excluding tert-OH is 1. The fourth-order valence-corrected chi connectivity index (χ4v) is 2.58. The highest BCUT2D eigenvalue weighted by molar-refractivity contribution is 6.29. The van der Waals surface area contributed by atoms with E-state index in [-0.39, 0.29) is 12.0 Å². The van der Waals surface area contributed by atoms with Crippen LogP contribution in [0.15, 0.2) is 16.5 Å². The van der Waals surface area contributed by atoms with Gasteiger partial charge in [0.1, 0.15) is 5.15 Å². The van der Waals surface area contributed by atoms with Crippen molar-refractivity contribution in [1.29, 1.82) is 0 Å². The van der Waals surface area contributed by atoms with Crippen LogP contribution in [0.3, 0.4) is 0 Å². The molecule has 0 saturated carbocycles. The number of nitrogens with one attached hydrogen (secondary N) is 2. The SMILES string of the molecule is OC1CCNCC1CCNc1nc2nc(Cl)ccc2o1. The van der Waals surface area contributed by atoms with E-state index in [0.717, 1.165) is 25.9 Å². The topological polar surface area (TPSA) is 83.2 Å². The molecule has 6 nitrogen and oxygen atoms in total. The van der Waals surface area contributed by atoms with Gasteiger partial charge in [-0.25, -0.2) is 4.98 Å². The first-order valence-electron chi connectivity index (χ1n) is 6.78. The fourth-order valence-electron chi connectivity index (χ4n) is 2.44. The number of aromatic nitrogens is 2. The first-order chi connectivity index (χ1) is 9.72. The van der Waals surface area contributed by atoms with Crippen molar-refractivity contribution in [2.24, 2.45) is 5.92 Å². The quantitative estimate of drug-likeness (QED) is 0.744. The smallest absolute Gasteiger partial charge is 0.297 e. The Hall–Kier alpha value is -1.37. The Morgan fingerprint density at radius 3 is 3.20 bits per heavy atom. The van der Waals surface area contributed by atoms with Gasteiger partial charge in [-0.1, -0.05) is 11.6 Å². The number of hydrogen-bond acceptors (Lipinski definition) is 6. The molecule has 7 heteroatoms. The monoisotopic (exact) mass is 296 g/mol. The molecule has 3 heterocycles. The largest absolute Gasteiger partial charge is 0.422 e. The minimum absolute atomic E-state index is 0.220. The van der Waals surface area contributed by atoms with Crippen molar-refractivity contribution in [3.05, 3.63) is 17.3 Å². The van der Waals surface area contributed by atoms with Crippen molar-refractivity contribution in [1.82, 2.24) is 15.3 Å². The van der Waals surface area contributed by atoms with Crippen LogP contribution in [0.2, 0.25) is 5.15 Å². The molecule has 0 spiro atoms. The fraction of sp³-hybridized carbons (Fsp3) is 0.538. The van der Waals surface area contributed by atoms with E-state index in [1.165, 1.54) is 0 Å². The van der Waals surface area contributed by atoms with Crippen molar-refractivity contribution in [3.8, 4) is 0 Å². The number of halogens is 1. The van der Waals surface area contributed by atoms with Crippen LogP contribution in [0.4, 0.5) is 6.01 Å². The number of hydrogen-bond donors (Lipinski definition) is 3. The lowest BCUT2D eigenvalue weighted by molar-refractivity contribution is 0.0763. The van der Waals surface area contributed by atoms with Crippen molar-refractivity contribution >= 4 is 28.8 Å².